The number of carbonyl (C=O) groups excluding carboxylic acids is 2. The molecule has 0 amide bonds. The minimum Gasteiger partial charge on any atom is -0.478 e. The Balaban J connectivity index is 3.00. The molecule has 0 bridgehead atoms. The van der Waals surface area contributed by atoms with Crippen LogP contribution in [0, 0.1) is 5.92 Å². The number of benzene rings is 1. The van der Waals surface area contributed by atoms with Crippen molar-refractivity contribution in [2.24, 2.45) is 5.92 Å². The third-order valence-corrected chi connectivity index (χ3v) is 3.22. The van der Waals surface area contributed by atoms with Crippen molar-refractivity contribution in [3.8, 4) is 0 Å². The second-order valence-corrected chi connectivity index (χ2v) is 8.24. The molecular weight excluding hydrogens is 348 g/mol. The maximum atomic E-state index is 12.5. The fourth-order valence-electron chi connectivity index (χ4n) is 2.18. The Kier molecular flexibility index (Phi) is 7.34. The molecule has 0 aromatic heterocycles. The van der Waals surface area contributed by atoms with Crippen LogP contribution in [-0.4, -0.2) is 34.2 Å². The fraction of sp³-hybridized carbons (Fsp3) is 0.476. The number of hydrogen-bond donors (Lipinski definition) is 1. The lowest BCUT2D eigenvalue weighted by atomic mass is 9.97. The first-order valence-electron chi connectivity index (χ1n) is 8.72. The van der Waals surface area contributed by atoms with Gasteiger partial charge in [-0.1, -0.05) is 24.3 Å². The van der Waals surface area contributed by atoms with Crippen LogP contribution in [0.3, 0.4) is 0 Å². The molecule has 0 saturated heterocycles. The molecule has 1 rings (SSSR count). The third-order valence-electron chi connectivity index (χ3n) is 3.22. The summed E-state index contributed by atoms with van der Waals surface area (Å²) in [4.78, 5) is 35.6. The number of ether oxygens (including phenoxy) is 2. The highest BCUT2D eigenvalue weighted by atomic mass is 16.6. The van der Waals surface area contributed by atoms with E-state index < -0.39 is 35.0 Å². The van der Waals surface area contributed by atoms with Crippen molar-refractivity contribution < 1.29 is 29.0 Å². The van der Waals surface area contributed by atoms with Gasteiger partial charge in [0.2, 0.25) is 0 Å². The fourth-order valence-corrected chi connectivity index (χ4v) is 2.18. The van der Waals surface area contributed by atoms with Gasteiger partial charge in [0, 0.05) is 6.08 Å². The van der Waals surface area contributed by atoms with E-state index in [0.717, 1.165) is 11.6 Å². The van der Waals surface area contributed by atoms with Gasteiger partial charge in [-0.15, -0.1) is 0 Å². The van der Waals surface area contributed by atoms with Gasteiger partial charge < -0.3 is 14.6 Å². The zero-order chi connectivity index (χ0) is 20.8. The van der Waals surface area contributed by atoms with Crippen LogP contribution < -0.4 is 0 Å². The molecule has 0 saturated carbocycles. The summed E-state index contributed by atoms with van der Waals surface area (Å²) >= 11 is 0. The van der Waals surface area contributed by atoms with E-state index in [1.807, 2.05) is 0 Å². The monoisotopic (exact) mass is 376 g/mol. The molecule has 0 atom stereocenters. The first-order chi connectivity index (χ1) is 12.3. The van der Waals surface area contributed by atoms with Gasteiger partial charge in [0.15, 0.2) is 5.92 Å². The highest BCUT2D eigenvalue weighted by Crippen LogP contribution is 2.20. The summed E-state index contributed by atoms with van der Waals surface area (Å²) in [6, 6.07) is 6.92. The number of carboxylic acids is 1. The number of carbonyl (C=O) groups is 3. The number of hydrogen-bond acceptors (Lipinski definition) is 5. The normalized spacial score (nSPS) is 12.3. The molecule has 148 valence electrons. The van der Waals surface area contributed by atoms with Gasteiger partial charge in [-0.25, -0.2) is 4.79 Å². The van der Waals surface area contributed by atoms with Crippen LogP contribution in [-0.2, 0) is 30.3 Å². The lowest BCUT2D eigenvalue weighted by Crippen LogP contribution is -2.38. The van der Waals surface area contributed by atoms with Crippen molar-refractivity contribution >= 4 is 24.0 Å². The Morgan fingerprint density at radius 2 is 1.37 bits per heavy atom. The minimum atomic E-state index is -1.08. The molecule has 0 unspecified atom stereocenters. The van der Waals surface area contributed by atoms with Gasteiger partial charge in [-0.2, -0.15) is 0 Å². The number of esters is 2. The summed E-state index contributed by atoms with van der Waals surface area (Å²) in [6.45, 7) is 10.4. The number of rotatable bonds is 6. The SMILES string of the molecule is CC(C)(C)OC(=O)C(Cc1ccc(/C=C/C(=O)O)cc1)C(=O)OC(C)(C)C. The van der Waals surface area contributed by atoms with E-state index in [2.05, 4.69) is 0 Å². The maximum absolute atomic E-state index is 12.5. The van der Waals surface area contributed by atoms with Gasteiger partial charge in [0.05, 0.1) is 0 Å². The van der Waals surface area contributed by atoms with Crippen LogP contribution >= 0.6 is 0 Å². The Labute approximate surface area is 160 Å². The largest absolute Gasteiger partial charge is 0.478 e. The van der Waals surface area contributed by atoms with Crippen LogP contribution in [0.15, 0.2) is 30.3 Å². The van der Waals surface area contributed by atoms with Crippen LogP contribution in [0.1, 0.15) is 52.7 Å². The van der Waals surface area contributed by atoms with Crippen LogP contribution in [0.5, 0.6) is 0 Å². The van der Waals surface area contributed by atoms with Gasteiger partial charge in [0.25, 0.3) is 0 Å². The molecule has 0 spiro atoms. The van der Waals surface area contributed by atoms with Gasteiger partial charge >= 0.3 is 17.9 Å². The Hall–Kier alpha value is -2.63. The van der Waals surface area contributed by atoms with Gasteiger partial charge in [-0.3, -0.25) is 9.59 Å². The van der Waals surface area contributed by atoms with Crippen LogP contribution in [0.2, 0.25) is 0 Å². The summed E-state index contributed by atoms with van der Waals surface area (Å²) in [5.41, 5.74) is 0.00231. The second-order valence-electron chi connectivity index (χ2n) is 8.24. The summed E-state index contributed by atoms with van der Waals surface area (Å²) in [5.74, 6) is -3.38. The highest BCUT2D eigenvalue weighted by molar-refractivity contribution is 5.95. The molecule has 6 heteroatoms. The Bertz CT molecular complexity index is 674. The van der Waals surface area contributed by atoms with E-state index in [1.165, 1.54) is 6.08 Å². The lowest BCUT2D eigenvalue weighted by molar-refractivity contribution is -0.174. The molecule has 0 aliphatic heterocycles. The summed E-state index contributed by atoms with van der Waals surface area (Å²) in [5, 5.41) is 8.67. The van der Waals surface area contributed by atoms with E-state index in [0.29, 0.717) is 5.56 Å². The quantitative estimate of drug-likeness (QED) is 0.463. The molecule has 0 fully saturated rings. The van der Waals surface area contributed by atoms with E-state index in [4.69, 9.17) is 14.6 Å². The summed E-state index contributed by atoms with van der Waals surface area (Å²) in [6.07, 6.45) is 2.64. The average Bonchev–Trinajstić information content (AvgIpc) is 2.48. The number of carboxylic acid groups (broad SMARTS) is 1. The zero-order valence-corrected chi connectivity index (χ0v) is 16.7. The molecule has 6 nitrogen and oxygen atoms in total. The average molecular weight is 376 g/mol. The van der Waals surface area contributed by atoms with Crippen molar-refractivity contribution in [1.82, 2.24) is 0 Å². The van der Waals surface area contributed by atoms with E-state index in [-0.39, 0.29) is 6.42 Å². The topological polar surface area (TPSA) is 89.9 Å². The molecule has 0 heterocycles. The van der Waals surface area contributed by atoms with E-state index in [9.17, 15) is 14.4 Å². The highest BCUT2D eigenvalue weighted by Gasteiger charge is 2.34. The molecule has 0 aliphatic carbocycles. The maximum Gasteiger partial charge on any atom is 0.328 e. The van der Waals surface area contributed by atoms with Crippen LogP contribution in [0.4, 0.5) is 0 Å². The van der Waals surface area contributed by atoms with Crippen molar-refractivity contribution in [1.29, 1.82) is 0 Å². The predicted molar refractivity (Wildman–Crippen MR) is 102 cm³/mol. The summed E-state index contributed by atoms with van der Waals surface area (Å²) in [7, 11) is 0. The first kappa shape index (κ1) is 22.4. The molecule has 1 N–H and O–H groups in total. The van der Waals surface area contributed by atoms with E-state index >= 15 is 0 Å². The van der Waals surface area contributed by atoms with Crippen molar-refractivity contribution in [3.05, 3.63) is 41.5 Å². The summed E-state index contributed by atoms with van der Waals surface area (Å²) < 4.78 is 10.8. The molecule has 27 heavy (non-hydrogen) atoms. The standard InChI is InChI=1S/C21H28O6/c1-20(2,3)26-18(24)16(19(25)27-21(4,5)6)13-15-9-7-14(8-10-15)11-12-17(22)23/h7-12,16H,13H2,1-6H3,(H,22,23)/b12-11+. The third kappa shape index (κ3) is 9.03. The molecule has 0 radical (unpaired) electrons. The van der Waals surface area contributed by atoms with Crippen molar-refractivity contribution in [2.75, 3.05) is 0 Å². The second kappa shape index (κ2) is 8.84. The smallest absolute Gasteiger partial charge is 0.328 e. The van der Waals surface area contributed by atoms with E-state index in [1.54, 1.807) is 65.8 Å². The van der Waals surface area contributed by atoms with Crippen LogP contribution in [0.25, 0.3) is 6.08 Å². The predicted octanol–water partition coefficient (Wildman–Crippen LogP) is 3.63. The van der Waals surface area contributed by atoms with Crippen molar-refractivity contribution in [3.63, 3.8) is 0 Å². The first-order valence-corrected chi connectivity index (χ1v) is 8.72. The molecular formula is C21H28O6. The Morgan fingerprint density at radius 1 is 0.926 bits per heavy atom. The lowest BCUT2D eigenvalue weighted by Gasteiger charge is -2.26. The van der Waals surface area contributed by atoms with Crippen molar-refractivity contribution in [2.45, 2.75) is 59.2 Å². The Morgan fingerprint density at radius 3 is 1.74 bits per heavy atom. The van der Waals surface area contributed by atoms with Gasteiger partial charge in [0.1, 0.15) is 11.2 Å². The zero-order valence-electron chi connectivity index (χ0n) is 16.7. The molecule has 1 aromatic rings. The van der Waals surface area contributed by atoms with Gasteiger partial charge in [-0.05, 0) is 65.2 Å². The molecule has 0 aliphatic rings. The minimum absolute atomic E-state index is 0.132. The number of aliphatic carboxylic acids is 1. The molecule has 1 aromatic carbocycles.